The summed E-state index contributed by atoms with van der Waals surface area (Å²) >= 11 is 5.93. The summed E-state index contributed by atoms with van der Waals surface area (Å²) in [6.45, 7) is 0. The molecule has 4 rings (SSSR count). The summed E-state index contributed by atoms with van der Waals surface area (Å²) in [5, 5.41) is 8.03. The van der Waals surface area contributed by atoms with Crippen LogP contribution < -0.4 is 9.42 Å². The number of hydrogen-bond donors (Lipinski definition) is 2. The summed E-state index contributed by atoms with van der Waals surface area (Å²) < 4.78 is 7.25. The summed E-state index contributed by atoms with van der Waals surface area (Å²) in [6, 6.07) is 9.93. The van der Waals surface area contributed by atoms with Crippen molar-refractivity contribution in [3.63, 3.8) is 0 Å². The highest BCUT2D eigenvalue weighted by molar-refractivity contribution is 6.30. The highest BCUT2D eigenvalue weighted by atomic mass is 35.5. The van der Waals surface area contributed by atoms with E-state index in [0.29, 0.717) is 11.1 Å². The summed E-state index contributed by atoms with van der Waals surface area (Å²) in [4.78, 5) is 7.82. The van der Waals surface area contributed by atoms with Crippen LogP contribution in [0.5, 0.6) is 5.75 Å². The number of aromatic amines is 2. The van der Waals surface area contributed by atoms with E-state index in [1.165, 1.54) is 12.8 Å². The summed E-state index contributed by atoms with van der Waals surface area (Å²) in [6.07, 6.45) is 6.11. The van der Waals surface area contributed by atoms with Crippen LogP contribution in [-0.4, -0.2) is 34.7 Å². The molecule has 7 heteroatoms. The minimum Gasteiger partial charge on any atom is -0.494 e. The maximum absolute atomic E-state index is 5.93. The topological polar surface area (TPSA) is 69.9 Å². The molecule has 0 spiro atoms. The van der Waals surface area contributed by atoms with Crippen LogP contribution in [0.3, 0.4) is 0 Å². The van der Waals surface area contributed by atoms with Gasteiger partial charge in [0, 0.05) is 22.4 Å². The largest absolute Gasteiger partial charge is 0.494 e. The molecule has 24 heavy (non-hydrogen) atoms. The van der Waals surface area contributed by atoms with Gasteiger partial charge in [-0.1, -0.05) is 16.8 Å². The number of H-pyrrole nitrogens is 2. The zero-order valence-corrected chi connectivity index (χ0v) is 13.9. The first-order valence-electron chi connectivity index (χ1n) is 7.76. The standard InChI is InChI=1S/C17H16ClN5O/c1-24-17-8-14(20-15(17)9-19-12-4-5-12)16-10-23(22-21-16)13-6-2-11(18)3-7-13/h2-3,6-10,12H,4-5H2,1H3,(H,19,20)/p+1. The van der Waals surface area contributed by atoms with Crippen molar-refractivity contribution in [1.82, 2.24) is 15.3 Å². The van der Waals surface area contributed by atoms with Crippen molar-refractivity contribution >= 4 is 17.8 Å². The zero-order valence-electron chi connectivity index (χ0n) is 13.2. The lowest BCUT2D eigenvalue weighted by Crippen LogP contribution is -2.31. The van der Waals surface area contributed by atoms with E-state index < -0.39 is 0 Å². The van der Waals surface area contributed by atoms with Gasteiger partial charge in [-0.15, -0.1) is 4.68 Å². The third-order valence-corrected chi connectivity index (χ3v) is 4.15. The molecule has 0 unspecified atom stereocenters. The predicted octanol–water partition coefficient (Wildman–Crippen LogP) is 2.92. The van der Waals surface area contributed by atoms with Crippen LogP contribution in [0.25, 0.3) is 17.1 Å². The maximum Gasteiger partial charge on any atom is 0.265 e. The van der Waals surface area contributed by atoms with E-state index in [4.69, 9.17) is 16.3 Å². The minimum absolute atomic E-state index is 0.471. The molecular formula is C17H17ClN5O+. The molecule has 2 heterocycles. The average Bonchev–Trinajstić information content (AvgIpc) is 3.13. The number of aromatic nitrogens is 4. The van der Waals surface area contributed by atoms with E-state index in [9.17, 15) is 0 Å². The molecule has 1 aliphatic rings. The molecule has 0 radical (unpaired) electrons. The highest BCUT2D eigenvalue weighted by Crippen LogP contribution is 2.27. The van der Waals surface area contributed by atoms with Crippen molar-refractivity contribution in [3.8, 4) is 22.8 Å². The van der Waals surface area contributed by atoms with E-state index in [1.807, 2.05) is 47.4 Å². The fourth-order valence-electron chi connectivity index (χ4n) is 2.41. The van der Waals surface area contributed by atoms with Gasteiger partial charge in [0.25, 0.3) is 5.69 Å². The fourth-order valence-corrected chi connectivity index (χ4v) is 2.54. The molecule has 2 aromatic heterocycles. The number of nitrogens with one attached hydrogen (secondary N) is 2. The number of benzene rings is 1. The first kappa shape index (κ1) is 15.0. The Morgan fingerprint density at radius 1 is 1.33 bits per heavy atom. The van der Waals surface area contributed by atoms with Crippen molar-refractivity contribution in [1.29, 1.82) is 0 Å². The van der Waals surface area contributed by atoms with E-state index in [0.717, 1.165) is 28.5 Å². The normalized spacial score (nSPS) is 14.4. The number of methoxy groups -OCH3 is 1. The monoisotopic (exact) mass is 342 g/mol. The van der Waals surface area contributed by atoms with Crippen molar-refractivity contribution in [3.05, 3.63) is 47.2 Å². The zero-order chi connectivity index (χ0) is 16.5. The first-order valence-corrected chi connectivity index (χ1v) is 8.14. The quantitative estimate of drug-likeness (QED) is 0.553. The summed E-state index contributed by atoms with van der Waals surface area (Å²) in [5.41, 5.74) is 3.47. The van der Waals surface area contributed by atoms with Gasteiger partial charge < -0.3 is 9.72 Å². The molecule has 2 N–H and O–H groups in total. The van der Waals surface area contributed by atoms with Gasteiger partial charge in [-0.05, 0) is 37.1 Å². The Morgan fingerprint density at radius 3 is 2.83 bits per heavy atom. The van der Waals surface area contributed by atoms with E-state index in [-0.39, 0.29) is 0 Å². The molecule has 0 amide bonds. The molecule has 0 bridgehead atoms. The molecule has 1 aromatic carbocycles. The van der Waals surface area contributed by atoms with Crippen LogP contribution in [0.4, 0.5) is 0 Å². The Labute approximate surface area is 144 Å². The Bertz CT molecular complexity index is 877. The maximum atomic E-state index is 5.93. The lowest BCUT2D eigenvalue weighted by Gasteiger charge is -1.95. The third-order valence-electron chi connectivity index (χ3n) is 3.90. The SMILES string of the molecule is COc1cc(-c2c[n+](-c3ccc(Cl)cc3)[nH]n2)[nH]c1C=NC1CC1. The molecule has 1 saturated carbocycles. The molecule has 1 aliphatic carbocycles. The number of halogens is 1. The molecule has 3 aromatic rings. The van der Waals surface area contributed by atoms with Gasteiger partial charge in [0.15, 0.2) is 11.9 Å². The van der Waals surface area contributed by atoms with Crippen molar-refractivity contribution in [2.24, 2.45) is 4.99 Å². The third kappa shape index (κ3) is 3.05. The lowest BCUT2D eigenvalue weighted by atomic mass is 10.3. The van der Waals surface area contributed by atoms with Crippen LogP contribution >= 0.6 is 11.6 Å². The number of ether oxygens (including phenoxy) is 1. The van der Waals surface area contributed by atoms with E-state index in [1.54, 1.807) is 7.11 Å². The van der Waals surface area contributed by atoms with Crippen molar-refractivity contribution < 1.29 is 9.42 Å². The van der Waals surface area contributed by atoms with Gasteiger partial charge in [0.1, 0.15) is 11.4 Å². The van der Waals surface area contributed by atoms with Gasteiger partial charge in [-0.2, -0.15) is 0 Å². The second kappa shape index (κ2) is 6.13. The second-order valence-corrected chi connectivity index (χ2v) is 6.18. The van der Waals surface area contributed by atoms with E-state index in [2.05, 4.69) is 20.3 Å². The van der Waals surface area contributed by atoms with Crippen LogP contribution in [0.15, 0.2) is 41.5 Å². The summed E-state index contributed by atoms with van der Waals surface area (Å²) in [7, 11) is 1.65. The Morgan fingerprint density at radius 2 is 2.12 bits per heavy atom. The summed E-state index contributed by atoms with van der Waals surface area (Å²) in [5.74, 6) is 0.760. The highest BCUT2D eigenvalue weighted by Gasteiger charge is 2.21. The fraction of sp³-hybridized carbons (Fsp3) is 0.235. The Kier molecular flexibility index (Phi) is 3.82. The molecule has 6 nitrogen and oxygen atoms in total. The second-order valence-electron chi connectivity index (χ2n) is 5.75. The van der Waals surface area contributed by atoms with Gasteiger partial charge in [-0.25, -0.2) is 0 Å². The molecule has 0 aliphatic heterocycles. The van der Waals surface area contributed by atoms with Crippen LogP contribution in [-0.2, 0) is 0 Å². The molecule has 0 saturated heterocycles. The minimum atomic E-state index is 0.471. The van der Waals surface area contributed by atoms with Crippen molar-refractivity contribution in [2.75, 3.05) is 7.11 Å². The predicted molar refractivity (Wildman–Crippen MR) is 92.1 cm³/mol. The van der Waals surface area contributed by atoms with Gasteiger partial charge in [0.05, 0.1) is 18.8 Å². The van der Waals surface area contributed by atoms with Crippen LogP contribution in [0, 0.1) is 0 Å². The van der Waals surface area contributed by atoms with Crippen molar-refractivity contribution in [2.45, 2.75) is 18.9 Å². The lowest BCUT2D eigenvalue weighted by molar-refractivity contribution is -0.659. The van der Waals surface area contributed by atoms with Gasteiger partial charge in [-0.3, -0.25) is 4.99 Å². The Balaban J connectivity index is 1.63. The van der Waals surface area contributed by atoms with Crippen LogP contribution in [0.1, 0.15) is 18.5 Å². The number of hydrogen-bond acceptors (Lipinski definition) is 3. The number of aliphatic imine (C=N–C) groups is 1. The average molecular weight is 343 g/mol. The molecule has 1 fully saturated rings. The number of nitrogens with zero attached hydrogens (tertiary/aromatic N) is 3. The van der Waals surface area contributed by atoms with Gasteiger partial charge >= 0.3 is 0 Å². The number of rotatable bonds is 5. The smallest absolute Gasteiger partial charge is 0.265 e. The molecule has 122 valence electrons. The van der Waals surface area contributed by atoms with Crippen LogP contribution in [0.2, 0.25) is 5.02 Å². The van der Waals surface area contributed by atoms with Gasteiger partial charge in [0.2, 0.25) is 0 Å². The Hall–Kier alpha value is -2.60. The molecule has 0 atom stereocenters. The van der Waals surface area contributed by atoms with E-state index >= 15 is 0 Å². The molecular weight excluding hydrogens is 326 g/mol. The first-order chi connectivity index (χ1) is 11.7.